The molecule has 2 atom stereocenters. The fourth-order valence-electron chi connectivity index (χ4n) is 4.99. The zero-order valence-corrected chi connectivity index (χ0v) is 20.8. The lowest BCUT2D eigenvalue weighted by Gasteiger charge is -2.41. The summed E-state index contributed by atoms with van der Waals surface area (Å²) >= 11 is 0. The minimum Gasteiger partial charge on any atom is -0.406 e. The van der Waals surface area contributed by atoms with Crippen LogP contribution in [0, 0.1) is 17.2 Å². The summed E-state index contributed by atoms with van der Waals surface area (Å²) < 4.78 is 41.8. The second kappa shape index (κ2) is 10.0. The molecule has 10 heteroatoms. The van der Waals surface area contributed by atoms with E-state index in [4.69, 9.17) is 0 Å². The molecule has 2 aromatic rings. The van der Waals surface area contributed by atoms with Gasteiger partial charge in [0.2, 0.25) is 0 Å². The fourth-order valence-corrected chi connectivity index (χ4v) is 4.99. The molecule has 1 N–H and O–H groups in total. The molecule has 1 aromatic carbocycles. The third-order valence-corrected chi connectivity index (χ3v) is 7.06. The predicted octanol–water partition coefficient (Wildman–Crippen LogP) is 5.53. The fraction of sp³-hybridized carbons (Fsp3) is 0.577. The highest BCUT2D eigenvalue weighted by molar-refractivity contribution is 5.75. The van der Waals surface area contributed by atoms with E-state index in [0.717, 1.165) is 23.4 Å². The van der Waals surface area contributed by atoms with E-state index in [9.17, 15) is 23.2 Å². The van der Waals surface area contributed by atoms with Gasteiger partial charge in [0, 0.05) is 55.0 Å². The first-order valence-electron chi connectivity index (χ1n) is 12.3. The molecule has 2 amide bonds. The number of amides is 2. The van der Waals surface area contributed by atoms with E-state index in [0.29, 0.717) is 39.0 Å². The van der Waals surface area contributed by atoms with Crippen molar-refractivity contribution in [1.82, 2.24) is 20.0 Å². The van der Waals surface area contributed by atoms with Gasteiger partial charge in [-0.2, -0.15) is 10.4 Å². The monoisotopic (exact) mass is 503 g/mol. The van der Waals surface area contributed by atoms with Crippen molar-refractivity contribution in [3.8, 4) is 11.8 Å². The molecule has 7 nitrogen and oxygen atoms in total. The molecule has 2 saturated heterocycles. The number of carbonyl (C=O) groups is 1. The van der Waals surface area contributed by atoms with Crippen LogP contribution in [0.5, 0.6) is 5.75 Å². The number of hydrogen-bond acceptors (Lipinski definition) is 4. The number of H-pyrrole nitrogens is 1. The van der Waals surface area contributed by atoms with Gasteiger partial charge in [-0.25, -0.2) is 4.79 Å². The Morgan fingerprint density at radius 2 is 1.72 bits per heavy atom. The van der Waals surface area contributed by atoms with Crippen molar-refractivity contribution < 1.29 is 22.7 Å². The van der Waals surface area contributed by atoms with Crippen LogP contribution in [0.2, 0.25) is 0 Å². The number of aromatic nitrogens is 2. The number of nitriles is 1. The summed E-state index contributed by atoms with van der Waals surface area (Å²) in [5.41, 5.74) is 2.61. The average molecular weight is 504 g/mol. The Balaban J connectivity index is 1.56. The number of ether oxygens (including phenoxy) is 1. The number of benzene rings is 1. The van der Waals surface area contributed by atoms with Gasteiger partial charge in [-0.15, -0.1) is 13.2 Å². The average Bonchev–Trinajstić information content (AvgIpc) is 3.34. The Kier molecular flexibility index (Phi) is 7.21. The number of hydrogen-bond donors (Lipinski definition) is 1. The Hall–Kier alpha value is -3.22. The standard InChI is InChI=1S/C26H32F3N5O2/c1-25(2,3)23-13-22(31-32-23)20-12-19(18-4-6-21(7-5-18)36-26(27,28)29)15-34(16-20)24(35)33-10-8-17(14-30)9-11-33/h4-7,13,17,19-20H,8-12,15-16H2,1-3H3,(H,31,32). The molecule has 0 saturated carbocycles. The van der Waals surface area contributed by atoms with Gasteiger partial charge in [0.15, 0.2) is 0 Å². The third-order valence-electron chi connectivity index (χ3n) is 7.06. The van der Waals surface area contributed by atoms with Gasteiger partial charge in [-0.05, 0) is 43.0 Å². The Morgan fingerprint density at radius 1 is 1.08 bits per heavy atom. The summed E-state index contributed by atoms with van der Waals surface area (Å²) in [6.07, 6.45) is -2.69. The van der Waals surface area contributed by atoms with Crippen molar-refractivity contribution in [3.63, 3.8) is 0 Å². The number of aromatic amines is 1. The lowest BCUT2D eigenvalue weighted by molar-refractivity contribution is -0.274. The van der Waals surface area contributed by atoms with Gasteiger partial charge < -0.3 is 14.5 Å². The minimum absolute atomic E-state index is 0.000880. The van der Waals surface area contributed by atoms with Crippen molar-refractivity contribution in [2.24, 2.45) is 5.92 Å². The van der Waals surface area contributed by atoms with Crippen molar-refractivity contribution >= 4 is 6.03 Å². The zero-order chi connectivity index (χ0) is 26.1. The molecular formula is C26H32F3N5O2. The van der Waals surface area contributed by atoms with Crippen molar-refractivity contribution in [2.45, 2.75) is 63.6 Å². The second-order valence-corrected chi connectivity index (χ2v) is 10.8. The maximum atomic E-state index is 13.5. The molecule has 2 aliphatic rings. The summed E-state index contributed by atoms with van der Waals surface area (Å²) in [6.45, 7) is 8.34. The summed E-state index contributed by atoms with van der Waals surface area (Å²) in [5.74, 6) is -0.353. The van der Waals surface area contributed by atoms with Crippen molar-refractivity contribution in [1.29, 1.82) is 5.26 Å². The third kappa shape index (κ3) is 6.12. The lowest BCUT2D eigenvalue weighted by Crippen LogP contribution is -2.51. The number of piperidine rings is 2. The zero-order valence-electron chi connectivity index (χ0n) is 20.8. The van der Waals surface area contributed by atoms with Crippen LogP contribution in [0.4, 0.5) is 18.0 Å². The van der Waals surface area contributed by atoms with Crippen LogP contribution in [0.3, 0.4) is 0 Å². The van der Waals surface area contributed by atoms with Crippen LogP contribution in [-0.4, -0.2) is 58.6 Å². The molecule has 2 aliphatic heterocycles. The lowest BCUT2D eigenvalue weighted by atomic mass is 9.82. The number of likely N-dealkylation sites (tertiary alicyclic amines) is 2. The molecule has 0 spiro atoms. The van der Waals surface area contributed by atoms with Crippen LogP contribution < -0.4 is 4.74 Å². The van der Waals surface area contributed by atoms with Gasteiger partial charge in [-0.1, -0.05) is 32.9 Å². The normalized spacial score (nSPS) is 21.8. The molecule has 3 heterocycles. The van der Waals surface area contributed by atoms with E-state index in [2.05, 4.69) is 41.8 Å². The molecule has 0 aliphatic carbocycles. The first-order chi connectivity index (χ1) is 16.9. The van der Waals surface area contributed by atoms with Crippen LogP contribution in [0.1, 0.15) is 68.8 Å². The summed E-state index contributed by atoms with van der Waals surface area (Å²) in [4.78, 5) is 17.1. The highest BCUT2D eigenvalue weighted by atomic mass is 19.4. The molecule has 194 valence electrons. The Bertz CT molecular complexity index is 1090. The van der Waals surface area contributed by atoms with Crippen molar-refractivity contribution in [2.75, 3.05) is 26.2 Å². The van der Waals surface area contributed by atoms with E-state index in [1.807, 2.05) is 11.0 Å². The van der Waals surface area contributed by atoms with E-state index < -0.39 is 6.36 Å². The van der Waals surface area contributed by atoms with E-state index in [-0.39, 0.29) is 34.9 Å². The second-order valence-electron chi connectivity index (χ2n) is 10.8. The molecule has 2 fully saturated rings. The highest BCUT2D eigenvalue weighted by Crippen LogP contribution is 2.38. The number of halogens is 3. The Morgan fingerprint density at radius 3 is 2.28 bits per heavy atom. The first kappa shape index (κ1) is 25.9. The number of urea groups is 1. The maximum Gasteiger partial charge on any atom is 0.573 e. The molecular weight excluding hydrogens is 471 g/mol. The largest absolute Gasteiger partial charge is 0.573 e. The number of nitrogens with zero attached hydrogens (tertiary/aromatic N) is 4. The first-order valence-corrected chi connectivity index (χ1v) is 12.3. The smallest absolute Gasteiger partial charge is 0.406 e. The highest BCUT2D eigenvalue weighted by Gasteiger charge is 2.36. The Labute approximate surface area is 209 Å². The summed E-state index contributed by atoms with van der Waals surface area (Å²) in [6, 6.07) is 10.2. The number of rotatable bonds is 3. The van der Waals surface area contributed by atoms with Gasteiger partial charge in [0.1, 0.15) is 5.75 Å². The van der Waals surface area contributed by atoms with Crippen LogP contribution >= 0.6 is 0 Å². The topological polar surface area (TPSA) is 85.2 Å². The number of nitrogens with one attached hydrogen (secondary N) is 1. The minimum atomic E-state index is -4.74. The number of alkyl halides is 3. The molecule has 1 aromatic heterocycles. The van der Waals surface area contributed by atoms with Gasteiger partial charge in [0.25, 0.3) is 0 Å². The maximum absolute atomic E-state index is 13.5. The summed E-state index contributed by atoms with van der Waals surface area (Å²) in [7, 11) is 0. The molecule has 36 heavy (non-hydrogen) atoms. The van der Waals surface area contributed by atoms with E-state index in [1.54, 1.807) is 17.0 Å². The van der Waals surface area contributed by atoms with Crippen LogP contribution in [0.15, 0.2) is 30.3 Å². The van der Waals surface area contributed by atoms with Crippen LogP contribution in [0.25, 0.3) is 0 Å². The molecule has 2 unspecified atom stereocenters. The molecule has 0 radical (unpaired) electrons. The van der Waals surface area contributed by atoms with E-state index >= 15 is 0 Å². The van der Waals surface area contributed by atoms with Gasteiger partial charge in [0.05, 0.1) is 11.8 Å². The van der Waals surface area contributed by atoms with Crippen LogP contribution in [-0.2, 0) is 5.41 Å². The SMILES string of the molecule is CC(C)(C)c1cc(C2CC(c3ccc(OC(F)(F)F)cc3)CN(C(=O)N3CCC(C#N)CC3)C2)[nH]n1. The van der Waals surface area contributed by atoms with Crippen molar-refractivity contribution in [3.05, 3.63) is 47.3 Å². The number of carbonyl (C=O) groups excluding carboxylic acids is 1. The quantitative estimate of drug-likeness (QED) is 0.597. The van der Waals surface area contributed by atoms with Gasteiger partial charge >= 0.3 is 12.4 Å². The van der Waals surface area contributed by atoms with E-state index in [1.165, 1.54) is 12.1 Å². The van der Waals surface area contributed by atoms with Gasteiger partial charge in [-0.3, -0.25) is 5.10 Å². The summed E-state index contributed by atoms with van der Waals surface area (Å²) in [5, 5.41) is 16.8. The molecule has 4 rings (SSSR count). The predicted molar refractivity (Wildman–Crippen MR) is 127 cm³/mol. The molecule has 0 bridgehead atoms.